The van der Waals surface area contributed by atoms with Crippen LogP contribution in [0.15, 0.2) is 78.4 Å². The number of hydrogen-bond acceptors (Lipinski definition) is 4. The first-order valence-electron chi connectivity index (χ1n) is 14.8. The molecular formula is C36H42O4. The predicted octanol–water partition coefficient (Wildman–Crippen LogP) is 9.19. The van der Waals surface area contributed by atoms with Gasteiger partial charge in [-0.05, 0) is 95.8 Å². The number of hydrogen-bond donors (Lipinski definition) is 0. The number of Topliss-reactive ketones (excluding diaryl/α,β-unsaturated/α-hetero) is 1. The first kappa shape index (κ1) is 29.3. The molecule has 0 radical (unpaired) electrons. The molecule has 1 fully saturated rings. The van der Waals surface area contributed by atoms with Crippen LogP contribution in [0.2, 0.25) is 0 Å². The van der Waals surface area contributed by atoms with E-state index in [1.165, 1.54) is 19.3 Å². The molecule has 1 saturated carbocycles. The third-order valence-electron chi connectivity index (χ3n) is 7.86. The molecule has 0 bridgehead atoms. The quantitative estimate of drug-likeness (QED) is 0.106. The summed E-state index contributed by atoms with van der Waals surface area (Å²) in [6.45, 7) is 9.31. The van der Waals surface area contributed by atoms with Gasteiger partial charge < -0.3 is 9.47 Å². The Bertz CT molecular complexity index is 1280. The Hall–Kier alpha value is -3.66. The summed E-state index contributed by atoms with van der Waals surface area (Å²) < 4.78 is 11.3. The van der Waals surface area contributed by atoms with Crippen molar-refractivity contribution in [1.82, 2.24) is 0 Å². The molecule has 0 spiro atoms. The lowest BCUT2D eigenvalue weighted by Gasteiger charge is -2.30. The van der Waals surface area contributed by atoms with Gasteiger partial charge in [0.15, 0.2) is 5.78 Å². The Morgan fingerprint density at radius 3 is 2.10 bits per heavy atom. The van der Waals surface area contributed by atoms with E-state index in [1.807, 2.05) is 36.4 Å². The van der Waals surface area contributed by atoms with Gasteiger partial charge in [0, 0.05) is 5.92 Å². The zero-order valence-corrected chi connectivity index (χ0v) is 24.3. The van der Waals surface area contributed by atoms with Gasteiger partial charge in [-0.3, -0.25) is 4.79 Å². The highest BCUT2D eigenvalue weighted by Gasteiger charge is 2.32. The number of rotatable bonds is 11. The summed E-state index contributed by atoms with van der Waals surface area (Å²) in [4.78, 5) is 25.7. The van der Waals surface area contributed by atoms with Crippen LogP contribution in [0.3, 0.4) is 0 Å². The van der Waals surface area contributed by atoms with Gasteiger partial charge in [-0.1, -0.05) is 83.4 Å². The van der Waals surface area contributed by atoms with Crippen LogP contribution >= 0.6 is 0 Å². The summed E-state index contributed by atoms with van der Waals surface area (Å²) in [5.74, 6) is 1.97. The molecule has 40 heavy (non-hydrogen) atoms. The highest BCUT2D eigenvalue weighted by atomic mass is 16.5. The Labute approximate surface area is 239 Å². The standard InChI is InChI=1S/C36H42O4/c1-5-6-7-8-23-39-31-18-16-30(17-19-31)36(38)40-32-20-14-29(15-21-32)28-12-10-27(11-13-28)24-34-26(4)9-22-33(25(2)3)35(34)37/h10-21,24-26,33H,5-9,22-23H2,1-4H3/b34-24-. The van der Waals surface area contributed by atoms with E-state index < -0.39 is 5.97 Å². The summed E-state index contributed by atoms with van der Waals surface area (Å²) >= 11 is 0. The molecule has 3 aromatic rings. The molecule has 2 unspecified atom stereocenters. The van der Waals surface area contributed by atoms with E-state index in [0.717, 1.165) is 47.3 Å². The molecule has 210 valence electrons. The number of carbonyl (C=O) groups is 2. The van der Waals surface area contributed by atoms with Crippen molar-refractivity contribution in [3.63, 3.8) is 0 Å². The number of esters is 1. The summed E-state index contributed by atoms with van der Waals surface area (Å²) in [6, 6.07) is 22.9. The minimum Gasteiger partial charge on any atom is -0.494 e. The molecule has 0 saturated heterocycles. The minimum absolute atomic E-state index is 0.132. The van der Waals surface area contributed by atoms with Crippen LogP contribution in [0.5, 0.6) is 11.5 Å². The van der Waals surface area contributed by atoms with Crippen molar-refractivity contribution < 1.29 is 19.1 Å². The fourth-order valence-corrected chi connectivity index (χ4v) is 5.26. The molecule has 4 nitrogen and oxygen atoms in total. The van der Waals surface area contributed by atoms with Crippen LogP contribution in [0, 0.1) is 17.8 Å². The van der Waals surface area contributed by atoms with E-state index in [1.54, 1.807) is 12.1 Å². The lowest BCUT2D eigenvalue weighted by molar-refractivity contribution is -0.122. The number of benzene rings is 3. The first-order valence-corrected chi connectivity index (χ1v) is 14.8. The fraction of sp³-hybridized carbons (Fsp3) is 0.389. The molecule has 0 aromatic heterocycles. The zero-order chi connectivity index (χ0) is 28.5. The van der Waals surface area contributed by atoms with E-state index in [0.29, 0.717) is 35.5 Å². The van der Waals surface area contributed by atoms with E-state index in [-0.39, 0.29) is 5.92 Å². The topological polar surface area (TPSA) is 52.6 Å². The minimum atomic E-state index is -0.397. The van der Waals surface area contributed by atoms with Gasteiger partial charge >= 0.3 is 5.97 Å². The molecule has 2 atom stereocenters. The second kappa shape index (κ2) is 14.1. The second-order valence-electron chi connectivity index (χ2n) is 11.3. The van der Waals surface area contributed by atoms with Crippen LogP contribution in [0.1, 0.15) is 82.1 Å². The second-order valence-corrected chi connectivity index (χ2v) is 11.3. The largest absolute Gasteiger partial charge is 0.494 e. The van der Waals surface area contributed by atoms with E-state index in [4.69, 9.17) is 9.47 Å². The molecule has 0 heterocycles. The lowest BCUT2D eigenvalue weighted by atomic mass is 9.73. The van der Waals surface area contributed by atoms with Crippen molar-refractivity contribution in [1.29, 1.82) is 0 Å². The van der Waals surface area contributed by atoms with Crippen molar-refractivity contribution in [2.75, 3.05) is 6.61 Å². The number of ether oxygens (including phenoxy) is 2. The van der Waals surface area contributed by atoms with Crippen LogP contribution in [-0.4, -0.2) is 18.4 Å². The number of unbranched alkanes of at least 4 members (excludes halogenated alkanes) is 3. The van der Waals surface area contributed by atoms with Gasteiger partial charge in [-0.15, -0.1) is 0 Å². The maximum atomic E-state index is 13.0. The van der Waals surface area contributed by atoms with Crippen LogP contribution < -0.4 is 9.47 Å². The Morgan fingerprint density at radius 1 is 0.850 bits per heavy atom. The van der Waals surface area contributed by atoms with E-state index >= 15 is 0 Å². The van der Waals surface area contributed by atoms with Crippen molar-refractivity contribution >= 4 is 17.8 Å². The van der Waals surface area contributed by atoms with Crippen molar-refractivity contribution in [3.8, 4) is 22.6 Å². The molecule has 4 rings (SSSR count). The highest BCUT2D eigenvalue weighted by Crippen LogP contribution is 2.35. The lowest BCUT2D eigenvalue weighted by Crippen LogP contribution is -2.30. The molecular weight excluding hydrogens is 496 g/mol. The summed E-state index contributed by atoms with van der Waals surface area (Å²) in [7, 11) is 0. The molecule has 1 aliphatic rings. The normalized spacial score (nSPS) is 18.2. The maximum Gasteiger partial charge on any atom is 0.343 e. The molecule has 0 amide bonds. The Morgan fingerprint density at radius 2 is 1.48 bits per heavy atom. The number of allylic oxidation sites excluding steroid dienone is 1. The monoisotopic (exact) mass is 538 g/mol. The zero-order valence-electron chi connectivity index (χ0n) is 24.3. The van der Waals surface area contributed by atoms with Gasteiger partial charge in [0.25, 0.3) is 0 Å². The number of carbonyl (C=O) groups excluding carboxylic acids is 2. The SMILES string of the molecule is CCCCCCOc1ccc(C(=O)Oc2ccc(-c3ccc(/C=C4\C(=O)C(C(C)C)CCC4C)cc3)cc2)cc1. The van der Waals surface area contributed by atoms with Gasteiger partial charge in [-0.2, -0.15) is 0 Å². The molecule has 0 aliphatic heterocycles. The van der Waals surface area contributed by atoms with Crippen LogP contribution in [0.25, 0.3) is 17.2 Å². The van der Waals surface area contributed by atoms with E-state index in [9.17, 15) is 9.59 Å². The van der Waals surface area contributed by atoms with E-state index in [2.05, 4.69) is 58.0 Å². The van der Waals surface area contributed by atoms with Crippen molar-refractivity contribution in [2.45, 2.75) is 66.2 Å². The van der Waals surface area contributed by atoms with Gasteiger partial charge in [0.05, 0.1) is 12.2 Å². The van der Waals surface area contributed by atoms with Gasteiger partial charge in [0.1, 0.15) is 11.5 Å². The summed E-state index contributed by atoms with van der Waals surface area (Å²) in [6.07, 6.45) is 8.75. The summed E-state index contributed by atoms with van der Waals surface area (Å²) in [5, 5.41) is 0. The fourth-order valence-electron chi connectivity index (χ4n) is 5.26. The smallest absolute Gasteiger partial charge is 0.343 e. The predicted molar refractivity (Wildman–Crippen MR) is 163 cm³/mol. The third-order valence-corrected chi connectivity index (χ3v) is 7.86. The molecule has 4 heteroatoms. The maximum absolute atomic E-state index is 13.0. The summed E-state index contributed by atoms with van der Waals surface area (Å²) in [5.41, 5.74) is 4.57. The molecule has 0 N–H and O–H groups in total. The first-order chi connectivity index (χ1) is 19.4. The third kappa shape index (κ3) is 7.71. The average Bonchev–Trinajstić information content (AvgIpc) is 2.96. The van der Waals surface area contributed by atoms with Gasteiger partial charge in [-0.25, -0.2) is 4.79 Å². The number of ketones is 1. The van der Waals surface area contributed by atoms with Crippen LogP contribution in [-0.2, 0) is 4.79 Å². The molecule has 1 aliphatic carbocycles. The Balaban J connectivity index is 1.34. The highest BCUT2D eigenvalue weighted by molar-refractivity contribution is 6.02. The van der Waals surface area contributed by atoms with Gasteiger partial charge in [0.2, 0.25) is 0 Å². The molecule has 3 aromatic carbocycles. The Kier molecular flexibility index (Phi) is 10.3. The van der Waals surface area contributed by atoms with Crippen molar-refractivity contribution in [2.24, 2.45) is 17.8 Å². The average molecular weight is 539 g/mol. The van der Waals surface area contributed by atoms with Crippen molar-refractivity contribution in [3.05, 3.63) is 89.5 Å². The van der Waals surface area contributed by atoms with Crippen LogP contribution in [0.4, 0.5) is 0 Å².